The second-order valence-corrected chi connectivity index (χ2v) is 4.15. The number of alkyl halides is 7. The Hall–Kier alpha value is -0.970. The maximum absolute atomic E-state index is 12.9. The third-order valence-corrected chi connectivity index (χ3v) is 2.69. The van der Waals surface area contributed by atoms with Gasteiger partial charge in [-0.05, 0) is 31.3 Å². The van der Waals surface area contributed by atoms with E-state index in [-0.39, 0.29) is 0 Å². The molecule has 104 valence electrons. The highest BCUT2D eigenvalue weighted by Crippen LogP contribution is 2.47. The van der Waals surface area contributed by atoms with E-state index in [4.69, 9.17) is 0 Å². The van der Waals surface area contributed by atoms with Gasteiger partial charge in [0.05, 0.1) is 0 Å². The molecule has 0 nitrogen and oxygen atoms in total. The van der Waals surface area contributed by atoms with Gasteiger partial charge in [-0.3, -0.25) is 0 Å². The molecule has 0 N–H and O–H groups in total. The predicted octanol–water partition coefficient (Wildman–Crippen LogP) is 4.86. The van der Waals surface area contributed by atoms with Gasteiger partial charge in [-0.2, -0.15) is 30.7 Å². The molecule has 1 fully saturated rings. The smallest absolute Gasteiger partial charge is 0.194 e. The minimum absolute atomic E-state index is 0.360. The van der Waals surface area contributed by atoms with Gasteiger partial charge in [0.15, 0.2) is 0 Å². The van der Waals surface area contributed by atoms with E-state index >= 15 is 0 Å². The Balaban J connectivity index is 2.96. The Morgan fingerprint density at radius 2 is 1.33 bits per heavy atom. The normalized spacial score (nSPS) is 18.5. The molecule has 0 spiro atoms. The molecule has 1 saturated carbocycles. The van der Waals surface area contributed by atoms with Crippen LogP contribution in [-0.4, -0.2) is 18.0 Å². The Morgan fingerprint density at radius 1 is 0.833 bits per heavy atom. The predicted molar refractivity (Wildman–Crippen MR) is 50.6 cm³/mol. The lowest BCUT2D eigenvalue weighted by molar-refractivity contribution is -0.341. The quantitative estimate of drug-likeness (QED) is 0.499. The summed E-state index contributed by atoms with van der Waals surface area (Å²) in [6.07, 6.45) is -3.63. The zero-order valence-corrected chi connectivity index (χ0v) is 9.26. The molecule has 0 aromatic rings. The number of hydrogen-bond donors (Lipinski definition) is 0. The molecule has 1 aliphatic carbocycles. The van der Waals surface area contributed by atoms with Crippen molar-refractivity contribution >= 4 is 0 Å². The van der Waals surface area contributed by atoms with Crippen molar-refractivity contribution in [2.75, 3.05) is 0 Å². The Morgan fingerprint density at radius 3 is 1.78 bits per heavy atom. The number of rotatable bonds is 2. The lowest BCUT2D eigenvalue weighted by atomic mass is 9.95. The SMILES string of the molecule is FC(F)(F)C(F)(F)C(F)(F)C=C=C1CCCCC1. The Kier molecular flexibility index (Phi) is 4.15. The summed E-state index contributed by atoms with van der Waals surface area (Å²) in [4.78, 5) is 0. The van der Waals surface area contributed by atoms with Crippen molar-refractivity contribution in [2.24, 2.45) is 0 Å². The molecular formula is C11H11F7. The van der Waals surface area contributed by atoms with Gasteiger partial charge in [0, 0.05) is 6.08 Å². The molecule has 0 saturated heterocycles. The summed E-state index contributed by atoms with van der Waals surface area (Å²) in [5, 5.41) is 0. The van der Waals surface area contributed by atoms with E-state index in [2.05, 4.69) is 0 Å². The maximum atomic E-state index is 12.9. The molecule has 1 aliphatic rings. The monoisotopic (exact) mass is 276 g/mol. The number of allylic oxidation sites excluding steroid dienone is 1. The van der Waals surface area contributed by atoms with Gasteiger partial charge in [0.25, 0.3) is 0 Å². The first-order valence-corrected chi connectivity index (χ1v) is 5.36. The van der Waals surface area contributed by atoms with Crippen LogP contribution in [0.5, 0.6) is 0 Å². The van der Waals surface area contributed by atoms with Crippen LogP contribution in [-0.2, 0) is 0 Å². The van der Waals surface area contributed by atoms with E-state index in [1.165, 1.54) is 0 Å². The zero-order valence-electron chi connectivity index (χ0n) is 9.26. The molecule has 0 aliphatic heterocycles. The molecule has 0 heterocycles. The summed E-state index contributed by atoms with van der Waals surface area (Å²) in [5.41, 5.74) is 2.26. The fraction of sp³-hybridized carbons (Fsp3) is 0.727. The van der Waals surface area contributed by atoms with Crippen LogP contribution in [0.2, 0.25) is 0 Å². The average molecular weight is 276 g/mol. The maximum Gasteiger partial charge on any atom is 0.460 e. The van der Waals surface area contributed by atoms with Crippen molar-refractivity contribution < 1.29 is 30.7 Å². The lowest BCUT2D eigenvalue weighted by Gasteiger charge is -2.25. The molecule has 18 heavy (non-hydrogen) atoms. The summed E-state index contributed by atoms with van der Waals surface area (Å²) < 4.78 is 86.1. The summed E-state index contributed by atoms with van der Waals surface area (Å²) in [6.45, 7) is 0. The highest BCUT2D eigenvalue weighted by atomic mass is 19.4. The highest BCUT2D eigenvalue weighted by molar-refractivity contribution is 5.11. The van der Waals surface area contributed by atoms with E-state index in [9.17, 15) is 30.7 Å². The average Bonchev–Trinajstić information content (AvgIpc) is 2.26. The molecule has 0 amide bonds. The first-order valence-electron chi connectivity index (χ1n) is 5.36. The van der Waals surface area contributed by atoms with Crippen molar-refractivity contribution in [3.05, 3.63) is 17.4 Å². The third-order valence-electron chi connectivity index (χ3n) is 2.69. The van der Waals surface area contributed by atoms with Crippen LogP contribution in [0.15, 0.2) is 17.4 Å². The van der Waals surface area contributed by atoms with Gasteiger partial charge < -0.3 is 0 Å². The van der Waals surface area contributed by atoms with Crippen LogP contribution in [0.1, 0.15) is 32.1 Å². The van der Waals surface area contributed by atoms with Crippen LogP contribution in [0, 0.1) is 0 Å². The largest absolute Gasteiger partial charge is 0.460 e. The van der Waals surface area contributed by atoms with Crippen molar-refractivity contribution in [3.63, 3.8) is 0 Å². The van der Waals surface area contributed by atoms with Crippen LogP contribution >= 0.6 is 0 Å². The van der Waals surface area contributed by atoms with Crippen LogP contribution in [0.3, 0.4) is 0 Å². The fourth-order valence-electron chi connectivity index (χ4n) is 1.60. The first-order chi connectivity index (χ1) is 8.08. The molecule has 0 aromatic heterocycles. The fourth-order valence-corrected chi connectivity index (χ4v) is 1.60. The molecular weight excluding hydrogens is 265 g/mol. The van der Waals surface area contributed by atoms with Gasteiger partial charge in [-0.1, -0.05) is 6.42 Å². The molecule has 0 unspecified atom stereocenters. The molecule has 7 heteroatoms. The van der Waals surface area contributed by atoms with Crippen LogP contribution in [0.4, 0.5) is 30.7 Å². The second-order valence-electron chi connectivity index (χ2n) is 4.15. The van der Waals surface area contributed by atoms with Gasteiger partial charge in [-0.25, -0.2) is 0 Å². The van der Waals surface area contributed by atoms with Crippen molar-refractivity contribution in [1.82, 2.24) is 0 Å². The molecule has 0 radical (unpaired) electrons. The number of halogens is 7. The van der Waals surface area contributed by atoms with Gasteiger partial charge in [0.2, 0.25) is 0 Å². The van der Waals surface area contributed by atoms with E-state index in [0.29, 0.717) is 31.3 Å². The highest BCUT2D eigenvalue weighted by Gasteiger charge is 2.72. The molecule has 0 atom stereocenters. The van der Waals surface area contributed by atoms with E-state index in [1.54, 1.807) is 0 Å². The van der Waals surface area contributed by atoms with Crippen molar-refractivity contribution in [2.45, 2.75) is 50.1 Å². The van der Waals surface area contributed by atoms with Gasteiger partial charge in [0.1, 0.15) is 0 Å². The summed E-state index contributed by atoms with van der Waals surface area (Å²) in [5.74, 6) is -11.4. The minimum Gasteiger partial charge on any atom is -0.194 e. The van der Waals surface area contributed by atoms with Gasteiger partial charge >= 0.3 is 18.0 Å². The Labute approximate surface area is 99.2 Å². The zero-order chi connectivity index (χ0) is 14.0. The topological polar surface area (TPSA) is 0 Å². The molecule has 1 rings (SSSR count). The molecule has 0 aromatic carbocycles. The lowest BCUT2D eigenvalue weighted by Crippen LogP contribution is -2.50. The van der Waals surface area contributed by atoms with Crippen LogP contribution in [0.25, 0.3) is 0 Å². The van der Waals surface area contributed by atoms with Crippen molar-refractivity contribution in [3.8, 4) is 0 Å². The minimum atomic E-state index is -6.29. The third kappa shape index (κ3) is 3.07. The Bertz CT molecular complexity index is 350. The van der Waals surface area contributed by atoms with Crippen LogP contribution < -0.4 is 0 Å². The number of hydrogen-bond acceptors (Lipinski definition) is 0. The first kappa shape index (κ1) is 15.1. The van der Waals surface area contributed by atoms with Gasteiger partial charge in [-0.15, -0.1) is 5.73 Å². The second kappa shape index (κ2) is 4.96. The van der Waals surface area contributed by atoms with E-state index in [1.807, 2.05) is 5.73 Å². The molecule has 0 bridgehead atoms. The summed E-state index contributed by atoms with van der Waals surface area (Å²) in [6, 6.07) is 0. The van der Waals surface area contributed by atoms with E-state index in [0.717, 1.165) is 6.42 Å². The summed E-state index contributed by atoms with van der Waals surface area (Å²) >= 11 is 0. The van der Waals surface area contributed by atoms with Crippen molar-refractivity contribution in [1.29, 1.82) is 0 Å². The van der Waals surface area contributed by atoms with E-state index < -0.39 is 24.1 Å². The standard InChI is InChI=1S/C11H11F7/c12-9(13,10(14,15)11(16,17)18)7-6-8-4-2-1-3-5-8/h7H,1-5H2. The summed E-state index contributed by atoms with van der Waals surface area (Å²) in [7, 11) is 0.